The molecule has 164 valence electrons. The summed E-state index contributed by atoms with van der Waals surface area (Å²) in [5.41, 5.74) is 3.18. The van der Waals surface area contributed by atoms with E-state index in [4.69, 9.17) is 9.72 Å². The third kappa shape index (κ3) is 4.96. The van der Waals surface area contributed by atoms with Crippen LogP contribution in [0.15, 0.2) is 42.5 Å². The molecule has 0 radical (unpaired) electrons. The van der Waals surface area contributed by atoms with Gasteiger partial charge >= 0.3 is 13.2 Å². The fourth-order valence-corrected chi connectivity index (χ4v) is 3.74. The van der Waals surface area contributed by atoms with Crippen molar-refractivity contribution in [2.24, 2.45) is 0 Å². The minimum absolute atomic E-state index is 0.132. The lowest BCUT2D eigenvalue weighted by Crippen LogP contribution is -2.36. The van der Waals surface area contributed by atoms with Crippen LogP contribution < -0.4 is 5.46 Å². The number of ether oxygens (including phenoxy) is 1. The molecule has 1 saturated heterocycles. The first-order valence-electron chi connectivity index (χ1n) is 10.7. The quantitative estimate of drug-likeness (QED) is 0.428. The lowest BCUT2D eigenvalue weighted by Gasteiger charge is -2.27. The molecular weight excluding hydrogens is 405 g/mol. The molecule has 1 fully saturated rings. The summed E-state index contributed by atoms with van der Waals surface area (Å²) >= 11 is 0. The lowest BCUT2D eigenvalue weighted by molar-refractivity contribution is 0.0219. The van der Waals surface area contributed by atoms with E-state index in [9.17, 15) is 14.8 Å². The fourth-order valence-electron chi connectivity index (χ4n) is 3.74. The second-order valence-electron chi connectivity index (χ2n) is 8.93. The number of carbonyl (C=O) groups is 1. The van der Waals surface area contributed by atoms with Gasteiger partial charge in [0.15, 0.2) is 0 Å². The summed E-state index contributed by atoms with van der Waals surface area (Å²) in [6.07, 6.45) is 1.43. The molecule has 2 heterocycles. The molecule has 3 N–H and O–H groups in total. The number of likely N-dealkylation sites (tertiary alicyclic amines) is 1. The number of fused-ring (bicyclic) bond motifs is 1. The molecular formula is C24H26BN3O4. The minimum Gasteiger partial charge on any atom is -0.444 e. The van der Waals surface area contributed by atoms with Gasteiger partial charge in [0.1, 0.15) is 11.4 Å². The van der Waals surface area contributed by atoms with Crippen LogP contribution in [0, 0.1) is 11.8 Å². The van der Waals surface area contributed by atoms with E-state index in [0.717, 1.165) is 40.8 Å². The fraction of sp³-hybridized carbons (Fsp3) is 0.333. The monoisotopic (exact) mass is 431 g/mol. The zero-order valence-corrected chi connectivity index (χ0v) is 18.4. The molecule has 1 aromatic heterocycles. The summed E-state index contributed by atoms with van der Waals surface area (Å²) in [5, 5.41) is 18.4. The highest BCUT2D eigenvalue weighted by Gasteiger charge is 2.34. The third-order valence-corrected chi connectivity index (χ3v) is 5.26. The van der Waals surface area contributed by atoms with Crippen molar-refractivity contribution in [3.8, 4) is 11.8 Å². The molecule has 8 heteroatoms. The lowest BCUT2D eigenvalue weighted by atomic mass is 9.80. The Bertz CT molecular complexity index is 1190. The number of aromatic amines is 1. The summed E-state index contributed by atoms with van der Waals surface area (Å²) in [6, 6.07) is 12.4. The van der Waals surface area contributed by atoms with Crippen molar-refractivity contribution in [3.05, 3.63) is 59.4 Å². The molecule has 1 aliphatic rings. The second-order valence-corrected chi connectivity index (χ2v) is 8.93. The molecule has 1 aliphatic heterocycles. The number of nitrogens with zero attached hydrogens (tertiary/aromatic N) is 2. The number of aromatic nitrogens is 2. The van der Waals surface area contributed by atoms with Gasteiger partial charge in [0.2, 0.25) is 0 Å². The molecule has 0 spiro atoms. The van der Waals surface area contributed by atoms with E-state index >= 15 is 0 Å². The van der Waals surface area contributed by atoms with Gasteiger partial charge in [-0.2, -0.15) is 0 Å². The van der Waals surface area contributed by atoms with Crippen molar-refractivity contribution in [2.75, 3.05) is 6.54 Å². The van der Waals surface area contributed by atoms with E-state index in [1.165, 1.54) is 0 Å². The molecule has 0 saturated carbocycles. The number of H-pyrrole nitrogens is 1. The highest BCUT2D eigenvalue weighted by Crippen LogP contribution is 2.32. The summed E-state index contributed by atoms with van der Waals surface area (Å²) in [6.45, 7) is 6.25. The van der Waals surface area contributed by atoms with E-state index in [1.807, 2.05) is 39.0 Å². The molecule has 1 amide bonds. The Balaban J connectivity index is 1.54. The maximum atomic E-state index is 12.6. The normalized spacial score (nSPS) is 16.0. The number of hydrogen-bond acceptors (Lipinski definition) is 5. The molecule has 7 nitrogen and oxygen atoms in total. The minimum atomic E-state index is -1.49. The van der Waals surface area contributed by atoms with Gasteiger partial charge in [-0.1, -0.05) is 24.0 Å². The van der Waals surface area contributed by atoms with Gasteiger partial charge in [-0.15, -0.1) is 0 Å². The first kappa shape index (κ1) is 21.9. The SMILES string of the molecule is CC(C)(C)OC(=O)N1CCCC1c1nc2ccc(C#Cc3ccc(B(O)O)cc3)cc2[nH]1. The number of hydrogen-bond donors (Lipinski definition) is 3. The molecule has 0 aliphatic carbocycles. The molecule has 0 bridgehead atoms. The van der Waals surface area contributed by atoms with E-state index in [2.05, 4.69) is 16.8 Å². The van der Waals surface area contributed by atoms with Crippen molar-refractivity contribution >= 4 is 29.7 Å². The number of nitrogens with one attached hydrogen (secondary N) is 1. The summed E-state index contributed by atoms with van der Waals surface area (Å²) in [4.78, 5) is 22.4. The van der Waals surface area contributed by atoms with Gasteiger partial charge in [0.25, 0.3) is 0 Å². The smallest absolute Gasteiger partial charge is 0.444 e. The number of carbonyl (C=O) groups excluding carboxylic acids is 1. The van der Waals surface area contributed by atoms with Crippen LogP contribution in [0.4, 0.5) is 4.79 Å². The third-order valence-electron chi connectivity index (χ3n) is 5.26. The molecule has 4 rings (SSSR count). The van der Waals surface area contributed by atoms with Crippen LogP contribution in [0.3, 0.4) is 0 Å². The van der Waals surface area contributed by atoms with Crippen LogP contribution in [0.1, 0.15) is 56.6 Å². The van der Waals surface area contributed by atoms with Crippen molar-refractivity contribution in [1.82, 2.24) is 14.9 Å². The van der Waals surface area contributed by atoms with Gasteiger partial charge in [-0.05, 0) is 69.4 Å². The highest BCUT2D eigenvalue weighted by atomic mass is 16.6. The van der Waals surface area contributed by atoms with E-state index in [1.54, 1.807) is 29.2 Å². The number of amides is 1. The van der Waals surface area contributed by atoms with Gasteiger partial charge < -0.3 is 19.8 Å². The Kier molecular flexibility index (Phi) is 5.96. The van der Waals surface area contributed by atoms with Gasteiger partial charge in [0.05, 0.1) is 17.1 Å². The molecule has 32 heavy (non-hydrogen) atoms. The first-order valence-corrected chi connectivity index (χ1v) is 10.7. The van der Waals surface area contributed by atoms with Gasteiger partial charge in [-0.3, -0.25) is 4.90 Å². The van der Waals surface area contributed by atoms with E-state index in [0.29, 0.717) is 12.0 Å². The second kappa shape index (κ2) is 8.69. The Hall–Kier alpha value is -3.28. The Morgan fingerprint density at radius 3 is 2.53 bits per heavy atom. The molecule has 1 unspecified atom stereocenters. The predicted molar refractivity (Wildman–Crippen MR) is 123 cm³/mol. The predicted octanol–water partition coefficient (Wildman–Crippen LogP) is 2.71. The van der Waals surface area contributed by atoms with Crippen LogP contribution in [0.5, 0.6) is 0 Å². The standard InChI is InChI=1S/C24H26BN3O4/c1-24(2,3)32-23(29)28-14-4-5-21(28)22-26-19-13-10-17(15-20(19)27-22)7-6-16-8-11-18(12-9-16)25(30)31/h8-13,15,21,30-31H,4-5,14H2,1-3H3,(H,26,27). The zero-order valence-electron chi connectivity index (χ0n) is 18.4. The Labute approximate surface area is 187 Å². The van der Waals surface area contributed by atoms with Crippen LogP contribution in [0.25, 0.3) is 11.0 Å². The van der Waals surface area contributed by atoms with Gasteiger partial charge in [-0.25, -0.2) is 9.78 Å². The average Bonchev–Trinajstić information content (AvgIpc) is 3.37. The zero-order chi connectivity index (χ0) is 22.9. The number of imidazole rings is 1. The average molecular weight is 431 g/mol. The van der Waals surface area contributed by atoms with Crippen LogP contribution in [-0.2, 0) is 4.74 Å². The highest BCUT2D eigenvalue weighted by molar-refractivity contribution is 6.58. The Morgan fingerprint density at radius 1 is 1.16 bits per heavy atom. The summed E-state index contributed by atoms with van der Waals surface area (Å²) in [5.74, 6) is 6.96. The van der Waals surface area contributed by atoms with Crippen molar-refractivity contribution in [1.29, 1.82) is 0 Å². The van der Waals surface area contributed by atoms with Gasteiger partial charge in [0, 0.05) is 17.7 Å². The van der Waals surface area contributed by atoms with Crippen molar-refractivity contribution in [2.45, 2.75) is 45.3 Å². The van der Waals surface area contributed by atoms with Crippen molar-refractivity contribution < 1.29 is 19.6 Å². The van der Waals surface area contributed by atoms with Crippen LogP contribution in [0.2, 0.25) is 0 Å². The van der Waals surface area contributed by atoms with Crippen molar-refractivity contribution in [3.63, 3.8) is 0 Å². The first-order chi connectivity index (χ1) is 15.2. The number of rotatable bonds is 2. The van der Waals surface area contributed by atoms with Crippen LogP contribution >= 0.6 is 0 Å². The topological polar surface area (TPSA) is 98.7 Å². The number of benzene rings is 2. The molecule has 1 atom stereocenters. The Morgan fingerprint density at radius 2 is 1.84 bits per heavy atom. The van der Waals surface area contributed by atoms with E-state index < -0.39 is 12.7 Å². The maximum absolute atomic E-state index is 12.6. The maximum Gasteiger partial charge on any atom is 0.488 e. The van der Waals surface area contributed by atoms with E-state index in [-0.39, 0.29) is 12.1 Å². The largest absolute Gasteiger partial charge is 0.488 e. The molecule has 2 aromatic carbocycles. The van der Waals surface area contributed by atoms with Crippen LogP contribution in [-0.4, -0.2) is 50.3 Å². The summed E-state index contributed by atoms with van der Waals surface area (Å²) < 4.78 is 5.56. The summed E-state index contributed by atoms with van der Waals surface area (Å²) in [7, 11) is -1.49. The molecule has 3 aromatic rings.